The van der Waals surface area contributed by atoms with E-state index in [-0.39, 0.29) is 5.78 Å². The molecule has 2 rings (SSSR count). The summed E-state index contributed by atoms with van der Waals surface area (Å²) in [6.07, 6.45) is -0.619. The van der Waals surface area contributed by atoms with Crippen molar-refractivity contribution in [3.05, 3.63) is 70.7 Å². The first kappa shape index (κ1) is 12.8. The van der Waals surface area contributed by atoms with Crippen LogP contribution in [0.2, 0.25) is 5.02 Å². The predicted molar refractivity (Wildman–Crippen MR) is 72.0 cm³/mol. The normalized spacial score (nSPS) is 12.1. The van der Waals surface area contributed by atoms with Crippen LogP contribution in [0.15, 0.2) is 54.6 Å². The molecular weight excluding hydrogens is 248 g/mol. The number of benzene rings is 2. The summed E-state index contributed by atoms with van der Waals surface area (Å²) in [5, 5.41) is 0.593. The molecule has 2 aromatic rings. The van der Waals surface area contributed by atoms with E-state index in [2.05, 4.69) is 0 Å². The molecule has 3 heteroatoms. The number of hydrogen-bond donors (Lipinski definition) is 0. The maximum atomic E-state index is 12.3. The second kappa shape index (κ2) is 5.80. The van der Waals surface area contributed by atoms with Crippen LogP contribution in [0.4, 0.5) is 0 Å². The number of methoxy groups -OCH3 is 1. The number of ketones is 1. The molecule has 0 spiro atoms. The van der Waals surface area contributed by atoms with Gasteiger partial charge in [0.25, 0.3) is 0 Å². The van der Waals surface area contributed by atoms with Crippen molar-refractivity contribution in [3.63, 3.8) is 0 Å². The van der Waals surface area contributed by atoms with Crippen LogP contribution in [0.1, 0.15) is 22.0 Å². The van der Waals surface area contributed by atoms with Crippen molar-refractivity contribution in [2.24, 2.45) is 0 Å². The van der Waals surface area contributed by atoms with Crippen molar-refractivity contribution in [2.45, 2.75) is 6.10 Å². The van der Waals surface area contributed by atoms with E-state index in [1.54, 1.807) is 24.3 Å². The maximum Gasteiger partial charge on any atom is 0.196 e. The van der Waals surface area contributed by atoms with Crippen LogP contribution in [-0.4, -0.2) is 12.9 Å². The van der Waals surface area contributed by atoms with Crippen molar-refractivity contribution in [1.82, 2.24) is 0 Å². The predicted octanol–water partition coefficient (Wildman–Crippen LogP) is 3.91. The van der Waals surface area contributed by atoms with Gasteiger partial charge in [-0.2, -0.15) is 0 Å². The van der Waals surface area contributed by atoms with Gasteiger partial charge in [0.05, 0.1) is 0 Å². The molecule has 0 aromatic heterocycles. The number of carbonyl (C=O) groups is 1. The molecule has 0 heterocycles. The van der Waals surface area contributed by atoms with Gasteiger partial charge in [-0.15, -0.1) is 0 Å². The van der Waals surface area contributed by atoms with E-state index < -0.39 is 6.10 Å². The van der Waals surface area contributed by atoms with Gasteiger partial charge in [0.1, 0.15) is 6.10 Å². The van der Waals surface area contributed by atoms with E-state index in [0.29, 0.717) is 10.6 Å². The first-order chi connectivity index (χ1) is 8.72. The third-order valence-corrected chi connectivity index (χ3v) is 2.92. The van der Waals surface area contributed by atoms with Crippen molar-refractivity contribution < 1.29 is 9.53 Å². The molecule has 1 unspecified atom stereocenters. The summed E-state index contributed by atoms with van der Waals surface area (Å²) in [7, 11) is 1.52. The van der Waals surface area contributed by atoms with Gasteiger partial charge in [-0.1, -0.05) is 54.1 Å². The summed E-state index contributed by atoms with van der Waals surface area (Å²) in [6, 6.07) is 16.2. The molecule has 0 fully saturated rings. The molecule has 0 bridgehead atoms. The molecule has 2 aromatic carbocycles. The first-order valence-electron chi connectivity index (χ1n) is 5.60. The topological polar surface area (TPSA) is 26.3 Å². The Kier molecular flexibility index (Phi) is 4.13. The minimum absolute atomic E-state index is 0.0691. The monoisotopic (exact) mass is 260 g/mol. The Morgan fingerprint density at radius 3 is 2.44 bits per heavy atom. The highest BCUT2D eigenvalue weighted by atomic mass is 35.5. The van der Waals surface area contributed by atoms with Crippen molar-refractivity contribution in [1.29, 1.82) is 0 Å². The number of carbonyl (C=O) groups excluding carboxylic acids is 1. The van der Waals surface area contributed by atoms with Gasteiger partial charge in [-0.3, -0.25) is 4.79 Å². The number of halogens is 1. The Hall–Kier alpha value is -1.64. The maximum absolute atomic E-state index is 12.3. The van der Waals surface area contributed by atoms with Crippen LogP contribution in [0, 0.1) is 0 Å². The van der Waals surface area contributed by atoms with Gasteiger partial charge in [-0.25, -0.2) is 0 Å². The van der Waals surface area contributed by atoms with Gasteiger partial charge >= 0.3 is 0 Å². The zero-order valence-corrected chi connectivity index (χ0v) is 10.7. The van der Waals surface area contributed by atoms with Crippen molar-refractivity contribution >= 4 is 17.4 Å². The average Bonchev–Trinajstić information content (AvgIpc) is 2.40. The standard InChI is InChI=1S/C15H13ClO2/c1-18-15(12-8-5-9-13(16)10-12)14(17)11-6-3-2-4-7-11/h2-10,15H,1H3. The SMILES string of the molecule is COC(C(=O)c1ccccc1)c1cccc(Cl)c1. The second-order valence-corrected chi connectivity index (χ2v) is 4.34. The fourth-order valence-electron chi connectivity index (χ4n) is 1.82. The summed E-state index contributed by atoms with van der Waals surface area (Å²) in [4.78, 5) is 12.3. The molecule has 0 amide bonds. The van der Waals surface area contributed by atoms with Gasteiger partial charge in [-0.05, 0) is 17.7 Å². The number of rotatable bonds is 4. The van der Waals surface area contributed by atoms with E-state index >= 15 is 0 Å². The van der Waals surface area contributed by atoms with Crippen LogP contribution in [0.5, 0.6) is 0 Å². The quantitative estimate of drug-likeness (QED) is 0.779. The number of hydrogen-bond acceptors (Lipinski definition) is 2. The molecule has 0 saturated carbocycles. The van der Waals surface area contributed by atoms with Crippen LogP contribution >= 0.6 is 11.6 Å². The van der Waals surface area contributed by atoms with E-state index in [9.17, 15) is 4.79 Å². The highest BCUT2D eigenvalue weighted by molar-refractivity contribution is 6.30. The molecule has 1 atom stereocenters. The fourth-order valence-corrected chi connectivity index (χ4v) is 2.02. The Balaban J connectivity index is 2.32. The molecule has 0 radical (unpaired) electrons. The minimum atomic E-state index is -0.619. The van der Waals surface area contributed by atoms with Gasteiger partial charge < -0.3 is 4.74 Å². The summed E-state index contributed by atoms with van der Waals surface area (Å²) >= 11 is 5.93. The summed E-state index contributed by atoms with van der Waals surface area (Å²) in [5.41, 5.74) is 1.39. The molecule has 0 aliphatic heterocycles. The zero-order chi connectivity index (χ0) is 13.0. The third-order valence-electron chi connectivity index (χ3n) is 2.68. The lowest BCUT2D eigenvalue weighted by Gasteiger charge is -2.14. The van der Waals surface area contributed by atoms with E-state index in [4.69, 9.17) is 16.3 Å². The largest absolute Gasteiger partial charge is 0.369 e. The molecular formula is C15H13ClO2. The summed E-state index contributed by atoms with van der Waals surface area (Å²) < 4.78 is 5.30. The van der Waals surface area contributed by atoms with Crippen LogP contribution in [0.3, 0.4) is 0 Å². The molecule has 0 aliphatic rings. The summed E-state index contributed by atoms with van der Waals surface area (Å²) in [6.45, 7) is 0. The Bertz CT molecular complexity index is 537. The van der Waals surface area contributed by atoms with Gasteiger partial charge in [0, 0.05) is 17.7 Å². The van der Waals surface area contributed by atoms with Crippen LogP contribution < -0.4 is 0 Å². The Morgan fingerprint density at radius 1 is 1.11 bits per heavy atom. The lowest BCUT2D eigenvalue weighted by atomic mass is 10.00. The molecule has 92 valence electrons. The molecule has 18 heavy (non-hydrogen) atoms. The highest BCUT2D eigenvalue weighted by Crippen LogP contribution is 2.24. The van der Waals surface area contributed by atoms with E-state index in [1.807, 2.05) is 30.3 Å². The molecule has 0 saturated heterocycles. The van der Waals surface area contributed by atoms with Crippen LogP contribution in [-0.2, 0) is 4.74 Å². The lowest BCUT2D eigenvalue weighted by Crippen LogP contribution is -2.14. The van der Waals surface area contributed by atoms with Gasteiger partial charge in [0.15, 0.2) is 5.78 Å². The number of ether oxygens (including phenoxy) is 1. The Morgan fingerprint density at radius 2 is 1.83 bits per heavy atom. The fraction of sp³-hybridized carbons (Fsp3) is 0.133. The molecule has 2 nitrogen and oxygen atoms in total. The number of Topliss-reactive ketones (excluding diaryl/α,β-unsaturated/α-hetero) is 1. The summed E-state index contributed by atoms with van der Waals surface area (Å²) in [5.74, 6) is -0.0691. The average molecular weight is 261 g/mol. The Labute approximate surface area is 111 Å². The zero-order valence-electron chi connectivity index (χ0n) is 9.97. The molecule has 0 aliphatic carbocycles. The smallest absolute Gasteiger partial charge is 0.196 e. The van der Waals surface area contributed by atoms with Crippen LogP contribution in [0.25, 0.3) is 0 Å². The highest BCUT2D eigenvalue weighted by Gasteiger charge is 2.21. The minimum Gasteiger partial charge on any atom is -0.369 e. The lowest BCUT2D eigenvalue weighted by molar-refractivity contribution is 0.0604. The third kappa shape index (κ3) is 2.78. The van der Waals surface area contributed by atoms with Crippen molar-refractivity contribution in [2.75, 3.05) is 7.11 Å². The van der Waals surface area contributed by atoms with E-state index in [0.717, 1.165) is 5.56 Å². The van der Waals surface area contributed by atoms with Gasteiger partial charge in [0.2, 0.25) is 0 Å². The first-order valence-corrected chi connectivity index (χ1v) is 5.97. The molecule has 0 N–H and O–H groups in total. The second-order valence-electron chi connectivity index (χ2n) is 3.90. The van der Waals surface area contributed by atoms with E-state index in [1.165, 1.54) is 7.11 Å². The van der Waals surface area contributed by atoms with Crippen molar-refractivity contribution in [3.8, 4) is 0 Å².